The number of aromatic nitrogens is 7. The van der Waals surface area contributed by atoms with Crippen LogP contribution in [0, 0.1) is 0 Å². The molecular formula is C74H91ClN16O10S6. The van der Waals surface area contributed by atoms with E-state index in [2.05, 4.69) is 72.5 Å². The Labute approximate surface area is 647 Å². The van der Waals surface area contributed by atoms with Gasteiger partial charge in [0, 0.05) is 156 Å². The summed E-state index contributed by atoms with van der Waals surface area (Å²) in [6.07, 6.45) is 10.4. The number of nitrogens with one attached hydrogen (secondary N) is 4. The fourth-order valence-electron chi connectivity index (χ4n) is 13.0. The number of rotatable bonds is 21. The van der Waals surface area contributed by atoms with Gasteiger partial charge in [-0.2, -0.15) is 0 Å². The molecule has 570 valence electrons. The third kappa shape index (κ3) is 18.2. The number of para-hydroxylation sites is 3. The predicted octanol–water partition coefficient (Wildman–Crippen LogP) is 13.8. The van der Waals surface area contributed by atoms with Gasteiger partial charge >= 0.3 is 0 Å². The van der Waals surface area contributed by atoms with Crippen molar-refractivity contribution < 1.29 is 54.7 Å². The highest BCUT2D eigenvalue weighted by atomic mass is 35.5. The highest BCUT2D eigenvalue weighted by molar-refractivity contribution is 7.93. The van der Waals surface area contributed by atoms with Gasteiger partial charge in [0.1, 0.15) is 30.5 Å². The number of sulfonamides is 3. The Balaban J connectivity index is 0.000000258. The van der Waals surface area contributed by atoms with Gasteiger partial charge in [-0.1, -0.05) is 60.1 Å². The van der Waals surface area contributed by atoms with Crippen molar-refractivity contribution in [3.63, 3.8) is 0 Å². The first-order chi connectivity index (χ1) is 51.6. The van der Waals surface area contributed by atoms with E-state index in [0.29, 0.717) is 66.4 Å². The number of anilines is 7. The molecule has 0 aliphatic carbocycles. The average Bonchev–Trinajstić information content (AvgIpc) is 1.18. The number of halogens is 1. The molecule has 26 nitrogen and oxygen atoms in total. The van der Waals surface area contributed by atoms with Crippen LogP contribution < -0.4 is 34.0 Å². The van der Waals surface area contributed by atoms with Crippen LogP contribution in [-0.2, 0) is 58.3 Å². The zero-order chi connectivity index (χ0) is 74.9. The summed E-state index contributed by atoms with van der Waals surface area (Å²) in [6, 6.07) is 46.7. The van der Waals surface area contributed by atoms with Crippen LogP contribution in [0.5, 0.6) is 5.75 Å². The number of aliphatic hydroxyl groups is 1. The summed E-state index contributed by atoms with van der Waals surface area (Å²) in [4.78, 5) is 57.7. The lowest BCUT2D eigenvalue weighted by Gasteiger charge is -2.42. The molecule has 3 saturated heterocycles. The minimum atomic E-state index is -3.76. The summed E-state index contributed by atoms with van der Waals surface area (Å²) >= 11 is 10.1. The fourth-order valence-corrected chi connectivity index (χ4v) is 18.5. The molecule has 5 N–H and O–H groups in total. The zero-order valence-corrected chi connectivity index (χ0v) is 64.0. The second-order valence-corrected chi connectivity index (χ2v) is 33.8. The van der Waals surface area contributed by atoms with Gasteiger partial charge in [-0.3, -0.25) is 28.7 Å². The molecule has 107 heavy (non-hydrogen) atoms. The normalized spacial score (nSPS) is 15.9. The third-order valence-corrected chi connectivity index (χ3v) is 25.6. The molecule has 0 unspecified atom stereocenters. The molecule has 0 radical (unpaired) electrons. The van der Waals surface area contributed by atoms with E-state index in [4.69, 9.17) is 21.3 Å². The van der Waals surface area contributed by atoms with E-state index in [9.17, 15) is 39.9 Å². The molecular weight excluding hydrogens is 1500 g/mol. The SMILES string of the molecule is COc1ccccc1Nc1nc(CN2CCN(c3ccc(S(=O)(=O)Nc4ccncn4)cc3)CC2)cs1.C[C@@H]1CN(c2ccc(S(=O)(=O)Nc3nccs3)cc2)CCN1C(=O)[C@H](C)n1ccc2ccccc21.O=C(Cn1ccc2ccc(Cl)cc21)N1CCC(O)(c2ccc(S(=O)(=O)Nc3nccs3)cc2)CC1.[HH].[HH].[HH].[HH].[HH].[HH].[HH]. The first kappa shape index (κ1) is 75.2. The van der Waals surface area contributed by atoms with Gasteiger partial charge in [0.25, 0.3) is 30.1 Å². The first-order valence-corrected chi connectivity index (χ1v) is 41.6. The number of methoxy groups -OCH3 is 1. The summed E-state index contributed by atoms with van der Waals surface area (Å²) in [5, 5.41) is 24.3. The summed E-state index contributed by atoms with van der Waals surface area (Å²) in [5.74, 6) is 1.09. The van der Waals surface area contributed by atoms with Crippen LogP contribution in [0.4, 0.5) is 38.3 Å². The van der Waals surface area contributed by atoms with Crippen molar-refractivity contribution in [1.29, 1.82) is 0 Å². The number of thiazole rings is 3. The van der Waals surface area contributed by atoms with Crippen LogP contribution >= 0.6 is 45.6 Å². The first-order valence-electron chi connectivity index (χ1n) is 34.2. The van der Waals surface area contributed by atoms with Crippen molar-refractivity contribution in [2.45, 2.75) is 72.1 Å². The Morgan fingerprint density at radius 3 is 1.87 bits per heavy atom. The van der Waals surface area contributed by atoms with Crippen molar-refractivity contribution in [2.75, 3.05) is 95.3 Å². The molecule has 12 aromatic rings. The molecule has 0 bridgehead atoms. The Bertz CT molecular complexity index is 5410. The lowest BCUT2D eigenvalue weighted by atomic mass is 9.84. The standard InChI is InChI=1S/C25H27N7O3S2.C25H27N5O3S2.C24H23ClN4O4S2.7H2/c1-35-23-5-3-2-4-22(23)29-25-28-19(17-36-25)16-31-12-14-32(15-13-31)20-6-8-21(9-7-20)37(33,34)30-24-10-11-26-18-27-24;1-18-17-28(21-7-9-22(10-8-21)35(32,33)27-25-26-12-16-34-25)14-15-29(18)24(31)19(2)30-13-11-20-5-3-4-6-23(20)30;25-19-4-1-17-7-11-29(21(17)15-19)16-22(30)28-12-8-24(31,9-13-28)18-2-5-20(6-3-18)35(32,33)27-23-26-10-14-34-23;;;;;;;/h2-11,17-18H,12-16H2,1H3,(H,28,29)(H,26,27,30);3-13,16,18-19H,14-15,17H2,1-2H3,(H,26,27);1-7,10-11,14-15,31H,8-9,12-13,16H2,(H,26,27);7*1H/t;18-,19+;;;;;;;;/m.1......../s1. The molecule has 15 rings (SSSR count). The molecule has 3 fully saturated rings. The number of hydrogen-bond donors (Lipinski definition) is 5. The van der Waals surface area contributed by atoms with Crippen LogP contribution in [-0.4, -0.2) is 163 Å². The van der Waals surface area contributed by atoms with Crippen LogP contribution in [0.1, 0.15) is 54.0 Å². The largest absolute Gasteiger partial charge is 0.495 e. The van der Waals surface area contributed by atoms with Crippen molar-refractivity contribution in [3.05, 3.63) is 227 Å². The number of piperidine rings is 1. The molecule has 2 amide bonds. The third-order valence-electron chi connectivity index (χ3n) is 18.8. The molecule has 0 saturated carbocycles. The topological polar surface area (TPSA) is 305 Å². The maximum Gasteiger partial charge on any atom is 0.263 e. The lowest BCUT2D eigenvalue weighted by molar-refractivity contribution is -0.137. The number of ether oxygens (including phenoxy) is 1. The van der Waals surface area contributed by atoms with Gasteiger partial charge < -0.3 is 43.9 Å². The molecule has 6 aromatic heterocycles. The Hall–Kier alpha value is -10.0. The van der Waals surface area contributed by atoms with E-state index in [0.717, 1.165) is 88.2 Å². The number of piperazine rings is 2. The summed E-state index contributed by atoms with van der Waals surface area (Å²) < 4.78 is 92.3. The number of carbonyl (C=O) groups is 2. The highest BCUT2D eigenvalue weighted by Gasteiger charge is 2.37. The van der Waals surface area contributed by atoms with Gasteiger partial charge in [0.15, 0.2) is 15.4 Å². The Morgan fingerprint density at radius 1 is 0.645 bits per heavy atom. The van der Waals surface area contributed by atoms with Crippen LogP contribution in [0.15, 0.2) is 226 Å². The van der Waals surface area contributed by atoms with Gasteiger partial charge in [-0.15, -0.1) is 34.0 Å². The monoisotopic (exact) mass is 1590 g/mol. The van der Waals surface area contributed by atoms with Gasteiger partial charge in [0.2, 0.25) is 11.8 Å². The lowest BCUT2D eigenvalue weighted by Crippen LogP contribution is -2.55. The second-order valence-electron chi connectivity index (χ2n) is 25.7. The van der Waals surface area contributed by atoms with Crippen molar-refractivity contribution in [1.82, 2.24) is 48.8 Å². The maximum absolute atomic E-state index is 13.4. The second kappa shape index (κ2) is 33.0. The minimum Gasteiger partial charge on any atom is -0.495 e. The van der Waals surface area contributed by atoms with E-state index < -0.39 is 35.7 Å². The van der Waals surface area contributed by atoms with Crippen molar-refractivity contribution in [2.24, 2.45) is 0 Å². The van der Waals surface area contributed by atoms with Crippen LogP contribution in [0.25, 0.3) is 21.8 Å². The van der Waals surface area contributed by atoms with Crippen LogP contribution in [0.3, 0.4) is 0 Å². The number of likely N-dealkylation sites (tertiary alicyclic amines) is 1. The zero-order valence-electron chi connectivity index (χ0n) is 58.4. The molecule has 9 heterocycles. The van der Waals surface area contributed by atoms with E-state index in [1.807, 2.05) is 130 Å². The van der Waals surface area contributed by atoms with Gasteiger partial charge in [-0.05, 0) is 152 Å². The van der Waals surface area contributed by atoms with Crippen LogP contribution in [0.2, 0.25) is 5.02 Å². The molecule has 33 heteroatoms. The highest BCUT2D eigenvalue weighted by Crippen LogP contribution is 2.36. The number of fused-ring (bicyclic) bond motifs is 2. The maximum atomic E-state index is 13.4. The molecule has 0 spiro atoms. The number of hydrogen-bond acceptors (Lipinski definition) is 22. The van der Waals surface area contributed by atoms with E-state index in [-0.39, 0.29) is 60.9 Å². The average molecular weight is 1590 g/mol. The summed E-state index contributed by atoms with van der Waals surface area (Å²) in [7, 11) is -9.50. The number of benzene rings is 6. The molecule has 6 aromatic carbocycles. The van der Waals surface area contributed by atoms with Gasteiger partial charge in [0.05, 0.1) is 38.8 Å². The van der Waals surface area contributed by atoms with Gasteiger partial charge in [-0.25, -0.2) is 50.2 Å². The number of amides is 2. The van der Waals surface area contributed by atoms with E-state index >= 15 is 0 Å². The van der Waals surface area contributed by atoms with Crippen molar-refractivity contribution >= 4 is 148 Å². The quantitative estimate of drug-likeness (QED) is 0.0446. The fraction of sp³-hybridized carbons (Fsp3) is 0.257. The summed E-state index contributed by atoms with van der Waals surface area (Å²) in [6.45, 7) is 11.2. The number of nitrogens with zero attached hydrogens (tertiary/aromatic N) is 12. The van der Waals surface area contributed by atoms with E-state index in [1.54, 1.807) is 76.7 Å². The predicted molar refractivity (Wildman–Crippen MR) is 435 cm³/mol. The Kier molecular flexibility index (Phi) is 23.2. The molecule has 3 aliphatic heterocycles. The number of carbonyl (C=O) groups excluding carboxylic acids is 2. The van der Waals surface area contributed by atoms with E-state index in [1.165, 1.54) is 59.6 Å². The molecule has 2 atom stereocenters. The van der Waals surface area contributed by atoms with Crippen molar-refractivity contribution in [3.8, 4) is 5.75 Å². The smallest absolute Gasteiger partial charge is 0.263 e. The molecule has 3 aliphatic rings. The minimum absolute atomic E-state index is 0. The Morgan fingerprint density at radius 2 is 1.24 bits per heavy atom. The summed E-state index contributed by atoms with van der Waals surface area (Å²) in [5.41, 5.74) is 5.31.